The van der Waals surface area contributed by atoms with Gasteiger partial charge in [0.1, 0.15) is 0 Å². The summed E-state index contributed by atoms with van der Waals surface area (Å²) in [5, 5.41) is 0. The largest absolute Gasteiger partial charge is 0.503 e. The van der Waals surface area contributed by atoms with E-state index in [9.17, 15) is 0 Å². The Hall–Kier alpha value is 0.0338. The molecular weight excluding hydrogens is 480 g/mol. The van der Waals surface area contributed by atoms with E-state index in [1.54, 1.807) is 0 Å². The Morgan fingerprint density at radius 1 is 0.324 bits per heavy atom. The Balaban J connectivity index is 3.75. The minimum absolute atomic E-state index is 0.503. The van der Waals surface area contributed by atoms with Gasteiger partial charge in [-0.25, -0.2) is 0 Å². The van der Waals surface area contributed by atoms with E-state index in [4.69, 9.17) is 45.5 Å². The molecule has 0 heterocycles. The van der Waals surface area contributed by atoms with Crippen molar-refractivity contribution in [1.29, 1.82) is 0 Å². The van der Waals surface area contributed by atoms with Gasteiger partial charge in [-0.2, -0.15) is 0 Å². The third-order valence-electron chi connectivity index (χ3n) is 4.41. The lowest BCUT2D eigenvalue weighted by atomic mass is 10.7. The molecule has 10 nitrogen and oxygen atoms in total. The van der Waals surface area contributed by atoms with Crippen molar-refractivity contribution in [3.8, 4) is 0 Å². The summed E-state index contributed by atoms with van der Waals surface area (Å²) in [5.74, 6) is 0. The van der Waals surface area contributed by atoms with Gasteiger partial charge in [0.05, 0.1) is 52.9 Å². The average molecular weight is 531 g/mol. The van der Waals surface area contributed by atoms with E-state index in [2.05, 4.69) is 0 Å². The standard InChI is InChI=1S/C22H50O10Si2/c1-7-27-33(28-8-2,29-9-3)21-19-25-17-15-23-13-14-24-16-18-26-20-22-34(30-10-4,31-11-5)32-12-6/h7-22H2,1-6H3. The van der Waals surface area contributed by atoms with Gasteiger partial charge in [0.25, 0.3) is 0 Å². The fourth-order valence-electron chi connectivity index (χ4n) is 3.16. The second-order valence-electron chi connectivity index (χ2n) is 6.91. The van der Waals surface area contributed by atoms with Gasteiger partial charge in [0.2, 0.25) is 0 Å². The van der Waals surface area contributed by atoms with E-state index in [0.717, 1.165) is 0 Å². The summed E-state index contributed by atoms with van der Waals surface area (Å²) in [5.41, 5.74) is 0. The Morgan fingerprint density at radius 3 is 0.735 bits per heavy atom. The van der Waals surface area contributed by atoms with Crippen LogP contribution in [0.3, 0.4) is 0 Å². The van der Waals surface area contributed by atoms with Crippen LogP contribution in [0.25, 0.3) is 0 Å². The second-order valence-corrected chi connectivity index (χ2v) is 12.4. The molecule has 0 bridgehead atoms. The molecule has 0 radical (unpaired) electrons. The smallest absolute Gasteiger partial charge is 0.379 e. The van der Waals surface area contributed by atoms with E-state index in [1.807, 2.05) is 41.5 Å². The Labute approximate surface area is 209 Å². The van der Waals surface area contributed by atoms with Gasteiger partial charge in [0, 0.05) is 51.7 Å². The normalized spacial score (nSPS) is 12.5. The third kappa shape index (κ3) is 16.7. The lowest BCUT2D eigenvalue weighted by Gasteiger charge is -2.28. The highest BCUT2D eigenvalue weighted by Crippen LogP contribution is 2.17. The molecule has 0 saturated carbocycles. The van der Waals surface area contributed by atoms with Crippen LogP contribution in [0.5, 0.6) is 0 Å². The molecule has 0 aliphatic carbocycles. The van der Waals surface area contributed by atoms with Crippen LogP contribution in [0, 0.1) is 0 Å². The molecule has 206 valence electrons. The summed E-state index contributed by atoms with van der Waals surface area (Å²) in [6.45, 7) is 19.1. The van der Waals surface area contributed by atoms with Crippen LogP contribution in [0.1, 0.15) is 41.5 Å². The zero-order valence-electron chi connectivity index (χ0n) is 22.4. The first-order chi connectivity index (χ1) is 16.6. The van der Waals surface area contributed by atoms with Crippen molar-refractivity contribution in [1.82, 2.24) is 0 Å². The lowest BCUT2D eigenvalue weighted by molar-refractivity contribution is -0.00360. The number of rotatable bonds is 27. The first-order valence-electron chi connectivity index (χ1n) is 12.7. The fourth-order valence-corrected chi connectivity index (χ4v) is 7.95. The summed E-state index contributed by atoms with van der Waals surface area (Å²) < 4.78 is 57.2. The Kier molecular flexibility index (Phi) is 23.5. The van der Waals surface area contributed by atoms with Crippen molar-refractivity contribution < 1.29 is 45.5 Å². The molecule has 0 aromatic carbocycles. The van der Waals surface area contributed by atoms with Gasteiger partial charge in [-0.05, 0) is 41.5 Å². The van der Waals surface area contributed by atoms with Crippen molar-refractivity contribution in [2.75, 3.05) is 92.5 Å². The van der Waals surface area contributed by atoms with Crippen LogP contribution in [0.15, 0.2) is 0 Å². The van der Waals surface area contributed by atoms with E-state index in [0.29, 0.717) is 105 Å². The van der Waals surface area contributed by atoms with Gasteiger partial charge >= 0.3 is 17.6 Å². The first-order valence-corrected chi connectivity index (χ1v) is 16.6. The van der Waals surface area contributed by atoms with Crippen LogP contribution < -0.4 is 0 Å². The second kappa shape index (κ2) is 23.4. The number of hydrogen-bond donors (Lipinski definition) is 0. The fraction of sp³-hybridized carbons (Fsp3) is 1.00. The molecule has 0 saturated heterocycles. The SMILES string of the molecule is CCO[Si](CCOCCOCCOCCOCC[Si](OCC)(OCC)OCC)(OCC)OCC. The molecule has 0 aromatic rings. The summed E-state index contributed by atoms with van der Waals surface area (Å²) in [4.78, 5) is 0. The summed E-state index contributed by atoms with van der Waals surface area (Å²) in [6, 6.07) is 1.27. The van der Waals surface area contributed by atoms with Crippen molar-refractivity contribution in [3.63, 3.8) is 0 Å². The van der Waals surface area contributed by atoms with Gasteiger partial charge < -0.3 is 45.5 Å². The molecule has 0 fully saturated rings. The zero-order valence-corrected chi connectivity index (χ0v) is 24.4. The summed E-state index contributed by atoms with van der Waals surface area (Å²) in [7, 11) is -5.27. The van der Waals surface area contributed by atoms with Crippen LogP contribution in [-0.4, -0.2) is 110 Å². The van der Waals surface area contributed by atoms with E-state index >= 15 is 0 Å². The molecule has 0 rings (SSSR count). The van der Waals surface area contributed by atoms with Crippen molar-refractivity contribution >= 4 is 17.6 Å². The molecule has 0 aliphatic heterocycles. The average Bonchev–Trinajstić information content (AvgIpc) is 2.80. The maximum absolute atomic E-state index is 5.81. The Bertz CT molecular complexity index is 362. The first kappa shape index (κ1) is 34.0. The van der Waals surface area contributed by atoms with Crippen LogP contribution in [-0.2, 0) is 45.5 Å². The summed E-state index contributed by atoms with van der Waals surface area (Å²) >= 11 is 0. The maximum atomic E-state index is 5.81. The van der Waals surface area contributed by atoms with E-state index in [1.165, 1.54) is 0 Å². The monoisotopic (exact) mass is 530 g/mol. The highest BCUT2D eigenvalue weighted by Gasteiger charge is 2.40. The van der Waals surface area contributed by atoms with Gasteiger partial charge in [0.15, 0.2) is 0 Å². The molecule has 0 spiro atoms. The van der Waals surface area contributed by atoms with Crippen LogP contribution in [0.2, 0.25) is 12.1 Å². The minimum atomic E-state index is -2.64. The molecule has 12 heteroatoms. The molecule has 0 N–H and O–H groups in total. The van der Waals surface area contributed by atoms with Gasteiger partial charge in [-0.1, -0.05) is 0 Å². The van der Waals surface area contributed by atoms with Crippen LogP contribution in [0.4, 0.5) is 0 Å². The lowest BCUT2D eigenvalue weighted by Crippen LogP contribution is -2.46. The molecule has 34 heavy (non-hydrogen) atoms. The molecule has 0 amide bonds. The van der Waals surface area contributed by atoms with Crippen LogP contribution >= 0.6 is 0 Å². The minimum Gasteiger partial charge on any atom is -0.379 e. The predicted octanol–water partition coefficient (Wildman–Crippen LogP) is 3.15. The highest BCUT2D eigenvalue weighted by molar-refractivity contribution is 6.61. The molecule has 0 atom stereocenters. The number of ether oxygens (including phenoxy) is 4. The van der Waals surface area contributed by atoms with Crippen molar-refractivity contribution in [2.45, 2.75) is 53.6 Å². The Morgan fingerprint density at radius 2 is 0.529 bits per heavy atom. The summed E-state index contributed by atoms with van der Waals surface area (Å²) in [6.07, 6.45) is 0. The zero-order chi connectivity index (χ0) is 25.4. The predicted molar refractivity (Wildman–Crippen MR) is 134 cm³/mol. The highest BCUT2D eigenvalue weighted by atomic mass is 28.4. The van der Waals surface area contributed by atoms with Crippen molar-refractivity contribution in [2.24, 2.45) is 0 Å². The topological polar surface area (TPSA) is 92.3 Å². The molecule has 0 aromatic heterocycles. The van der Waals surface area contributed by atoms with Gasteiger partial charge in [-0.15, -0.1) is 0 Å². The van der Waals surface area contributed by atoms with Crippen molar-refractivity contribution in [3.05, 3.63) is 0 Å². The third-order valence-corrected chi connectivity index (χ3v) is 10.4. The molecule has 0 unspecified atom stereocenters. The molecule has 0 aliphatic rings. The van der Waals surface area contributed by atoms with E-state index in [-0.39, 0.29) is 0 Å². The molecular formula is C22H50O10Si2. The van der Waals surface area contributed by atoms with E-state index < -0.39 is 17.6 Å². The number of hydrogen-bond acceptors (Lipinski definition) is 10. The van der Waals surface area contributed by atoms with Gasteiger partial charge in [-0.3, -0.25) is 0 Å². The quantitative estimate of drug-likeness (QED) is 0.116. The maximum Gasteiger partial charge on any atom is 0.503 e.